The van der Waals surface area contributed by atoms with Gasteiger partial charge in [-0.1, -0.05) is 157 Å². The summed E-state index contributed by atoms with van der Waals surface area (Å²) in [5.74, 6) is 3.48. The van der Waals surface area contributed by atoms with Crippen LogP contribution in [-0.2, 0) is 4.79 Å². The highest BCUT2D eigenvalue weighted by Crippen LogP contribution is 2.71. The Labute approximate surface area is 299 Å². The average molecular weight is 671 g/mol. The lowest BCUT2D eigenvalue weighted by Gasteiger charge is -2.64. The van der Waals surface area contributed by atoms with Crippen molar-refractivity contribution in [3.63, 3.8) is 0 Å². The van der Waals surface area contributed by atoms with Crippen LogP contribution in [0.3, 0.4) is 0 Å². The number of aliphatic carboxylic acids is 1. The van der Waals surface area contributed by atoms with Gasteiger partial charge in [-0.05, 0) is 110 Å². The van der Waals surface area contributed by atoms with Gasteiger partial charge in [0.05, 0.1) is 0 Å². The Morgan fingerprint density at radius 1 is 0.729 bits per heavy atom. The van der Waals surface area contributed by atoms with E-state index in [1.54, 1.807) is 0 Å². The summed E-state index contributed by atoms with van der Waals surface area (Å²) in [6, 6.07) is 0. The maximum absolute atomic E-state index is 13.4. The lowest BCUT2D eigenvalue weighted by atomic mass is 9.40. The zero-order valence-electron chi connectivity index (χ0n) is 33.0. The van der Waals surface area contributed by atoms with Gasteiger partial charge in [0.1, 0.15) is 0 Å². The first-order chi connectivity index (χ1) is 23.0. The topological polar surface area (TPSA) is 57.5 Å². The number of carboxylic acid groups (broad SMARTS) is 1. The van der Waals surface area contributed by atoms with Crippen LogP contribution in [-0.4, -0.2) is 21.8 Å². The molecule has 0 aliphatic heterocycles. The van der Waals surface area contributed by atoms with Crippen molar-refractivity contribution in [3.8, 4) is 0 Å². The molecule has 4 saturated carbocycles. The summed E-state index contributed by atoms with van der Waals surface area (Å²) in [4.78, 5) is 13.4. The fourth-order valence-electron chi connectivity index (χ4n) is 13.0. The highest BCUT2D eigenvalue weighted by atomic mass is 16.4. The van der Waals surface area contributed by atoms with Crippen LogP contribution in [0.5, 0.6) is 0 Å². The predicted molar refractivity (Wildman–Crippen MR) is 204 cm³/mol. The molecule has 3 nitrogen and oxygen atoms in total. The highest BCUT2D eigenvalue weighted by Gasteiger charge is 2.68. The van der Waals surface area contributed by atoms with Crippen molar-refractivity contribution >= 4 is 5.97 Å². The van der Waals surface area contributed by atoms with Gasteiger partial charge < -0.3 is 10.2 Å². The van der Waals surface area contributed by atoms with Crippen molar-refractivity contribution in [1.29, 1.82) is 0 Å². The van der Waals surface area contributed by atoms with Crippen LogP contribution in [0.1, 0.15) is 215 Å². The van der Waals surface area contributed by atoms with Gasteiger partial charge in [-0.3, -0.25) is 0 Å². The Bertz CT molecular complexity index is 945. The maximum atomic E-state index is 13.4. The molecule has 0 spiro atoms. The van der Waals surface area contributed by atoms with E-state index in [1.807, 2.05) is 0 Å². The molecule has 3 heteroatoms. The molecule has 4 aliphatic rings. The van der Waals surface area contributed by atoms with E-state index in [4.69, 9.17) is 0 Å². The Kier molecular flexibility index (Phi) is 15.7. The summed E-state index contributed by atoms with van der Waals surface area (Å²) in [6.07, 6.45) is 33.9. The summed E-state index contributed by atoms with van der Waals surface area (Å²) < 4.78 is 0. The van der Waals surface area contributed by atoms with E-state index < -0.39 is 11.6 Å². The summed E-state index contributed by atoms with van der Waals surface area (Å²) in [6.45, 7) is 14.5. The zero-order chi connectivity index (χ0) is 34.8. The molecular weight excluding hydrogens is 588 g/mol. The lowest BCUT2D eigenvalue weighted by Crippen LogP contribution is -2.63. The van der Waals surface area contributed by atoms with E-state index in [9.17, 15) is 15.0 Å². The van der Waals surface area contributed by atoms with Crippen LogP contribution in [0, 0.1) is 58.2 Å². The number of carboxylic acids is 1. The Morgan fingerprint density at radius 3 is 1.92 bits per heavy atom. The normalized spacial score (nSPS) is 35.1. The molecule has 0 amide bonds. The molecule has 4 fully saturated rings. The van der Waals surface area contributed by atoms with E-state index in [-0.39, 0.29) is 11.3 Å². The summed E-state index contributed by atoms with van der Waals surface area (Å²) in [5.41, 5.74) is -1.36. The first-order valence-corrected chi connectivity index (χ1v) is 22.0. The monoisotopic (exact) mass is 671 g/mol. The summed E-state index contributed by atoms with van der Waals surface area (Å²) in [5, 5.41) is 23.6. The fourth-order valence-corrected chi connectivity index (χ4v) is 13.0. The third-order valence-electron chi connectivity index (χ3n) is 15.8. The van der Waals surface area contributed by atoms with Crippen molar-refractivity contribution in [1.82, 2.24) is 0 Å². The van der Waals surface area contributed by atoms with Crippen molar-refractivity contribution < 1.29 is 15.0 Å². The molecule has 2 N–H and O–H groups in total. The third kappa shape index (κ3) is 9.26. The van der Waals surface area contributed by atoms with Gasteiger partial charge in [0.25, 0.3) is 0 Å². The van der Waals surface area contributed by atoms with E-state index in [0.717, 1.165) is 37.0 Å². The molecule has 0 aromatic heterocycles. The average Bonchev–Trinajstić information content (AvgIpc) is 3.41. The van der Waals surface area contributed by atoms with Crippen LogP contribution in [0.15, 0.2) is 0 Å². The number of hydrogen-bond acceptors (Lipinski definition) is 2. The molecule has 4 rings (SSSR count). The van der Waals surface area contributed by atoms with Crippen LogP contribution < -0.4 is 0 Å². The van der Waals surface area contributed by atoms with Crippen molar-refractivity contribution in [2.75, 3.05) is 0 Å². The molecule has 0 aromatic carbocycles. The van der Waals surface area contributed by atoms with Crippen molar-refractivity contribution in [2.45, 2.75) is 221 Å². The van der Waals surface area contributed by atoms with Crippen LogP contribution in [0.2, 0.25) is 0 Å². The molecular formula is C45H82O3. The highest BCUT2D eigenvalue weighted by molar-refractivity contribution is 5.77. The van der Waals surface area contributed by atoms with E-state index in [0.29, 0.717) is 35.5 Å². The Hall–Kier alpha value is -0.570. The second kappa shape index (κ2) is 18.8. The molecule has 10 atom stereocenters. The molecule has 0 heterocycles. The molecule has 4 aliphatic carbocycles. The van der Waals surface area contributed by atoms with Crippen molar-refractivity contribution in [3.05, 3.63) is 0 Å². The van der Waals surface area contributed by atoms with Gasteiger partial charge in [0.2, 0.25) is 0 Å². The van der Waals surface area contributed by atoms with Gasteiger partial charge in [0.15, 0.2) is 5.60 Å². The Morgan fingerprint density at radius 2 is 1.33 bits per heavy atom. The SMILES string of the molecule is CCCCCCCCCCCCCCCCC(O)(C(=O)O)C1C[C@H]2[C@@H](CC[C@H]3CCCC[C@@]32C)[C@@H]2CC[C@@H]([C@@H](C)CCCC(C)C)[C@@]12C. The summed E-state index contributed by atoms with van der Waals surface area (Å²) in [7, 11) is 0. The number of unbranched alkanes of at least 4 members (excludes halogenated alkanes) is 13. The number of aliphatic hydroxyl groups is 1. The number of carbonyl (C=O) groups is 1. The molecule has 2 unspecified atom stereocenters. The molecule has 0 radical (unpaired) electrons. The van der Waals surface area contributed by atoms with Crippen molar-refractivity contribution in [2.24, 2.45) is 58.2 Å². The van der Waals surface area contributed by atoms with Gasteiger partial charge in [0, 0.05) is 5.92 Å². The number of rotatable bonds is 22. The van der Waals surface area contributed by atoms with Crippen LogP contribution in [0.4, 0.5) is 0 Å². The van der Waals surface area contributed by atoms with Gasteiger partial charge >= 0.3 is 5.97 Å². The largest absolute Gasteiger partial charge is 0.479 e. The minimum atomic E-state index is -1.60. The molecule has 0 saturated heterocycles. The lowest BCUT2D eigenvalue weighted by molar-refractivity contribution is -0.209. The first kappa shape index (κ1) is 40.2. The third-order valence-corrected chi connectivity index (χ3v) is 15.8. The van der Waals surface area contributed by atoms with Gasteiger partial charge in [-0.15, -0.1) is 0 Å². The predicted octanol–water partition coefficient (Wildman–Crippen LogP) is 13.4. The molecule has 0 aromatic rings. The fraction of sp³-hybridized carbons (Fsp3) is 0.978. The van der Waals surface area contributed by atoms with Gasteiger partial charge in [-0.2, -0.15) is 0 Å². The number of hydrogen-bond donors (Lipinski definition) is 2. The van der Waals surface area contributed by atoms with E-state index in [2.05, 4.69) is 41.5 Å². The van der Waals surface area contributed by atoms with E-state index in [1.165, 1.54) is 148 Å². The second-order valence-corrected chi connectivity index (χ2v) is 19.1. The smallest absolute Gasteiger partial charge is 0.335 e. The van der Waals surface area contributed by atoms with Crippen LogP contribution in [0.25, 0.3) is 0 Å². The quantitative estimate of drug-likeness (QED) is 0.113. The minimum absolute atomic E-state index is 0.0839. The van der Waals surface area contributed by atoms with E-state index >= 15 is 0 Å². The maximum Gasteiger partial charge on any atom is 0.335 e. The Balaban J connectivity index is 1.41. The van der Waals surface area contributed by atoms with Crippen LogP contribution >= 0.6 is 0 Å². The first-order valence-electron chi connectivity index (χ1n) is 22.0. The number of fused-ring (bicyclic) bond motifs is 5. The minimum Gasteiger partial charge on any atom is -0.479 e. The molecule has 280 valence electrons. The standard InChI is InChI=1S/C45H82O3/c1-7-8-9-10-11-12-13-14-15-16-17-18-19-21-32-45(48,42(46)47)41-33-40-37(28-27-36-26-20-22-31-43(36,40)5)39-30-29-38(44(39,41)6)35(4)25-23-24-34(2)3/h34-41,48H,7-33H2,1-6H3,(H,46,47)/t35-,36+,37-,38-,39-,40-,41?,43-,44+,45?/m0/s1. The second-order valence-electron chi connectivity index (χ2n) is 19.1. The van der Waals surface area contributed by atoms with Gasteiger partial charge in [-0.25, -0.2) is 4.79 Å². The molecule has 0 bridgehead atoms. The zero-order valence-corrected chi connectivity index (χ0v) is 33.0. The molecule has 48 heavy (non-hydrogen) atoms. The summed E-state index contributed by atoms with van der Waals surface area (Å²) >= 11 is 0.